The molecule has 1 aromatic rings. The Morgan fingerprint density at radius 1 is 1.40 bits per heavy atom. The predicted molar refractivity (Wildman–Crippen MR) is 56.3 cm³/mol. The van der Waals surface area contributed by atoms with Gasteiger partial charge in [-0.15, -0.1) is 11.6 Å². The van der Waals surface area contributed by atoms with Crippen LogP contribution in [0.2, 0.25) is 0 Å². The maximum Gasteiger partial charge on any atom is 0.327 e. The molecule has 6 nitrogen and oxygen atoms in total. The second kappa shape index (κ2) is 5.35. The molecule has 0 saturated heterocycles. The molecule has 0 aliphatic rings. The lowest BCUT2D eigenvalue weighted by Gasteiger charge is -2.02. The lowest BCUT2D eigenvalue weighted by Crippen LogP contribution is -2.24. The molecule has 0 spiro atoms. The van der Waals surface area contributed by atoms with Crippen LogP contribution in [0.15, 0.2) is 15.7 Å². The fourth-order valence-electron chi connectivity index (χ4n) is 0.976. The number of anilines is 1. The van der Waals surface area contributed by atoms with E-state index in [1.807, 2.05) is 4.98 Å². The van der Waals surface area contributed by atoms with E-state index in [0.717, 1.165) is 6.07 Å². The topological polar surface area (TPSA) is 94.8 Å². The fraction of sp³-hybridized carbons (Fsp3) is 0.375. The van der Waals surface area contributed by atoms with Crippen molar-refractivity contribution < 1.29 is 4.79 Å². The summed E-state index contributed by atoms with van der Waals surface area (Å²) in [6.07, 6.45) is 0.791. The van der Waals surface area contributed by atoms with E-state index in [0.29, 0.717) is 12.3 Å². The summed E-state index contributed by atoms with van der Waals surface area (Å²) >= 11 is 5.41. The molecule has 1 heterocycles. The van der Waals surface area contributed by atoms with E-state index < -0.39 is 11.2 Å². The number of rotatable bonds is 4. The van der Waals surface area contributed by atoms with Gasteiger partial charge in [-0.25, -0.2) is 4.79 Å². The maximum absolute atomic E-state index is 11.2. The number of carbonyl (C=O) groups is 1. The Labute approximate surface area is 89.7 Å². The maximum atomic E-state index is 11.2. The van der Waals surface area contributed by atoms with Crippen LogP contribution in [0.3, 0.4) is 0 Å². The molecule has 0 atom stereocenters. The van der Waals surface area contributed by atoms with Gasteiger partial charge in [0.25, 0.3) is 5.56 Å². The summed E-state index contributed by atoms with van der Waals surface area (Å²) in [5.41, 5.74) is -1.22. The molecule has 1 aromatic heterocycles. The number of aromatic nitrogens is 2. The van der Waals surface area contributed by atoms with Crippen LogP contribution in [0.1, 0.15) is 12.8 Å². The van der Waals surface area contributed by atoms with E-state index in [4.69, 9.17) is 11.6 Å². The van der Waals surface area contributed by atoms with Gasteiger partial charge in [-0.2, -0.15) is 0 Å². The Bertz CT molecular complexity index is 423. The van der Waals surface area contributed by atoms with Crippen LogP contribution in [0.5, 0.6) is 0 Å². The molecular formula is C8H10ClN3O3. The molecule has 0 saturated carbocycles. The van der Waals surface area contributed by atoms with Gasteiger partial charge in [0.15, 0.2) is 0 Å². The number of amides is 1. The molecular weight excluding hydrogens is 222 g/mol. The van der Waals surface area contributed by atoms with Crippen molar-refractivity contribution in [2.45, 2.75) is 12.8 Å². The summed E-state index contributed by atoms with van der Waals surface area (Å²) in [5, 5.41) is 2.39. The van der Waals surface area contributed by atoms with E-state index in [9.17, 15) is 14.4 Å². The van der Waals surface area contributed by atoms with Gasteiger partial charge in [0.05, 0.1) is 0 Å². The Morgan fingerprint density at radius 3 is 2.73 bits per heavy atom. The number of aromatic amines is 2. The molecule has 82 valence electrons. The summed E-state index contributed by atoms with van der Waals surface area (Å²) in [5.74, 6) is 0.180. The molecule has 0 aromatic carbocycles. The standard InChI is InChI=1S/C8H10ClN3O3/c9-3-1-2-6(13)10-5-4-7(14)12-8(15)11-5/h4H,1-3H2,(H3,10,11,12,13,14,15). The number of carbonyl (C=O) groups excluding carboxylic acids is 1. The van der Waals surface area contributed by atoms with Crippen LogP contribution in [0.4, 0.5) is 5.82 Å². The quantitative estimate of drug-likeness (QED) is 0.638. The molecule has 1 amide bonds. The number of hydrogen-bond donors (Lipinski definition) is 3. The second-order valence-electron chi connectivity index (χ2n) is 2.84. The van der Waals surface area contributed by atoms with Crippen molar-refractivity contribution in [1.29, 1.82) is 0 Å². The minimum atomic E-state index is -0.657. The molecule has 7 heteroatoms. The average molecular weight is 232 g/mol. The van der Waals surface area contributed by atoms with Crippen molar-refractivity contribution in [3.8, 4) is 0 Å². The predicted octanol–water partition coefficient (Wildman–Crippen LogP) is 0.0207. The number of H-pyrrole nitrogens is 2. The number of halogens is 1. The minimum Gasteiger partial charge on any atom is -0.312 e. The average Bonchev–Trinajstić information content (AvgIpc) is 2.13. The van der Waals surface area contributed by atoms with Crippen molar-refractivity contribution in [2.75, 3.05) is 11.2 Å². The van der Waals surface area contributed by atoms with Gasteiger partial charge < -0.3 is 5.32 Å². The first kappa shape index (κ1) is 11.5. The summed E-state index contributed by atoms with van der Waals surface area (Å²) in [6.45, 7) is 0. The van der Waals surface area contributed by atoms with Gasteiger partial charge >= 0.3 is 5.69 Å². The summed E-state index contributed by atoms with van der Waals surface area (Å²) < 4.78 is 0. The zero-order chi connectivity index (χ0) is 11.3. The number of alkyl halides is 1. The third kappa shape index (κ3) is 3.99. The number of nitrogens with one attached hydrogen (secondary N) is 3. The van der Waals surface area contributed by atoms with Crippen LogP contribution >= 0.6 is 11.6 Å². The van der Waals surface area contributed by atoms with E-state index in [1.165, 1.54) is 0 Å². The van der Waals surface area contributed by atoms with Gasteiger partial charge in [0.1, 0.15) is 5.82 Å². The van der Waals surface area contributed by atoms with Crippen molar-refractivity contribution in [1.82, 2.24) is 9.97 Å². The minimum absolute atomic E-state index is 0.0864. The zero-order valence-corrected chi connectivity index (χ0v) is 8.56. The van der Waals surface area contributed by atoms with Crippen molar-refractivity contribution in [2.24, 2.45) is 0 Å². The van der Waals surface area contributed by atoms with Gasteiger partial charge in [-0.05, 0) is 6.42 Å². The van der Waals surface area contributed by atoms with E-state index in [1.54, 1.807) is 0 Å². The first-order chi connectivity index (χ1) is 7.11. The fourth-order valence-corrected chi connectivity index (χ4v) is 1.11. The summed E-state index contributed by atoms with van der Waals surface area (Å²) in [7, 11) is 0. The van der Waals surface area contributed by atoms with Crippen LogP contribution in [-0.2, 0) is 4.79 Å². The highest BCUT2D eigenvalue weighted by Gasteiger charge is 2.02. The van der Waals surface area contributed by atoms with E-state index in [-0.39, 0.29) is 18.1 Å². The van der Waals surface area contributed by atoms with Crippen molar-refractivity contribution in [3.63, 3.8) is 0 Å². The molecule has 0 bridgehead atoms. The Hall–Kier alpha value is -1.56. The molecule has 1 rings (SSSR count). The number of hydrogen-bond acceptors (Lipinski definition) is 3. The first-order valence-corrected chi connectivity index (χ1v) is 4.85. The van der Waals surface area contributed by atoms with Crippen LogP contribution < -0.4 is 16.6 Å². The van der Waals surface area contributed by atoms with E-state index >= 15 is 0 Å². The van der Waals surface area contributed by atoms with Crippen LogP contribution in [0.25, 0.3) is 0 Å². The van der Waals surface area contributed by atoms with Crippen LogP contribution in [-0.4, -0.2) is 21.8 Å². The van der Waals surface area contributed by atoms with Gasteiger partial charge in [0, 0.05) is 18.4 Å². The highest BCUT2D eigenvalue weighted by Crippen LogP contribution is 1.98. The van der Waals surface area contributed by atoms with Crippen molar-refractivity contribution >= 4 is 23.3 Å². The smallest absolute Gasteiger partial charge is 0.312 e. The summed E-state index contributed by atoms with van der Waals surface area (Å²) in [4.78, 5) is 37.1. The Kier molecular flexibility index (Phi) is 4.11. The highest BCUT2D eigenvalue weighted by atomic mass is 35.5. The molecule has 15 heavy (non-hydrogen) atoms. The van der Waals surface area contributed by atoms with Gasteiger partial charge in [-0.3, -0.25) is 19.6 Å². The summed E-state index contributed by atoms with van der Waals surface area (Å²) in [6, 6.07) is 1.10. The first-order valence-electron chi connectivity index (χ1n) is 4.31. The third-order valence-electron chi connectivity index (χ3n) is 1.57. The monoisotopic (exact) mass is 231 g/mol. The molecule has 0 aliphatic heterocycles. The third-order valence-corrected chi connectivity index (χ3v) is 1.84. The zero-order valence-electron chi connectivity index (χ0n) is 7.80. The molecule has 0 fully saturated rings. The lowest BCUT2D eigenvalue weighted by molar-refractivity contribution is -0.116. The SMILES string of the molecule is O=C(CCCCl)Nc1cc(=O)[nH]c(=O)[nH]1. The van der Waals surface area contributed by atoms with Crippen LogP contribution in [0, 0.1) is 0 Å². The molecule has 0 aliphatic carbocycles. The lowest BCUT2D eigenvalue weighted by atomic mass is 10.3. The van der Waals surface area contributed by atoms with E-state index in [2.05, 4.69) is 10.3 Å². The largest absolute Gasteiger partial charge is 0.327 e. The van der Waals surface area contributed by atoms with Crippen molar-refractivity contribution in [3.05, 3.63) is 26.9 Å². The second-order valence-corrected chi connectivity index (χ2v) is 3.22. The Balaban J connectivity index is 2.68. The highest BCUT2D eigenvalue weighted by molar-refractivity contribution is 6.18. The molecule has 3 N–H and O–H groups in total. The van der Waals surface area contributed by atoms with Gasteiger partial charge in [-0.1, -0.05) is 0 Å². The Morgan fingerprint density at radius 2 is 2.13 bits per heavy atom. The molecule has 0 radical (unpaired) electrons. The normalized spacial score (nSPS) is 9.93. The molecule has 0 unspecified atom stereocenters. The van der Waals surface area contributed by atoms with Gasteiger partial charge in [0.2, 0.25) is 5.91 Å².